The van der Waals surface area contributed by atoms with Crippen LogP contribution in [0.5, 0.6) is 0 Å². The van der Waals surface area contributed by atoms with Crippen molar-refractivity contribution in [3.63, 3.8) is 0 Å². The van der Waals surface area contributed by atoms with Crippen LogP contribution >= 0.6 is 11.8 Å². The van der Waals surface area contributed by atoms with Gasteiger partial charge in [-0.15, -0.1) is 16.8 Å². The second-order valence-electron chi connectivity index (χ2n) is 6.07. The number of hydrogen-bond acceptors (Lipinski definition) is 6. The minimum atomic E-state index is -0.153. The molecule has 3 rings (SSSR count). The molecule has 0 unspecified atom stereocenters. The van der Waals surface area contributed by atoms with E-state index in [9.17, 15) is 9.59 Å². The first-order valence-electron chi connectivity index (χ1n) is 8.61. The Morgan fingerprint density at radius 1 is 1.25 bits per heavy atom. The third kappa shape index (κ3) is 4.40. The van der Waals surface area contributed by atoms with Crippen LogP contribution in [0.4, 0.5) is 5.69 Å². The fourth-order valence-corrected chi connectivity index (χ4v) is 3.50. The molecule has 2 heterocycles. The molecule has 0 bridgehead atoms. The lowest BCUT2D eigenvalue weighted by atomic mass is 10.1. The summed E-state index contributed by atoms with van der Waals surface area (Å²) >= 11 is 1.32. The van der Waals surface area contributed by atoms with Gasteiger partial charge in [0.1, 0.15) is 5.76 Å². The number of anilines is 1. The topological polar surface area (TPSA) is 90.0 Å². The van der Waals surface area contributed by atoms with Crippen molar-refractivity contribution in [3.8, 4) is 11.4 Å². The van der Waals surface area contributed by atoms with E-state index < -0.39 is 0 Å². The smallest absolute Gasteiger partial charge is 0.221 e. The van der Waals surface area contributed by atoms with Crippen molar-refractivity contribution in [2.24, 2.45) is 0 Å². The van der Waals surface area contributed by atoms with E-state index in [1.54, 1.807) is 36.6 Å². The summed E-state index contributed by atoms with van der Waals surface area (Å²) in [4.78, 5) is 23.6. The van der Waals surface area contributed by atoms with Crippen LogP contribution in [0.1, 0.15) is 23.0 Å². The molecule has 1 aromatic carbocycles. The number of ketones is 1. The van der Waals surface area contributed by atoms with E-state index >= 15 is 0 Å². The summed E-state index contributed by atoms with van der Waals surface area (Å²) in [6.07, 6.45) is 3.37. The number of thioether (sulfide) groups is 1. The minimum absolute atomic E-state index is 0.0337. The summed E-state index contributed by atoms with van der Waals surface area (Å²) in [7, 11) is 0. The second-order valence-corrected chi connectivity index (χ2v) is 7.01. The van der Waals surface area contributed by atoms with Gasteiger partial charge < -0.3 is 9.73 Å². The Kier molecular flexibility index (Phi) is 6.10. The maximum absolute atomic E-state index is 12.5. The standard InChI is InChI=1S/C20H20N4O3S/c1-4-10-24-19(17-9-11-27-13(17)2)22-23-20(24)28-12-18(26)15-5-7-16(8-6-15)21-14(3)25/h4-9,11H,1,10,12H2,2-3H3,(H,21,25). The molecule has 0 aliphatic rings. The number of nitrogens with one attached hydrogen (secondary N) is 1. The van der Waals surface area contributed by atoms with E-state index in [0.717, 1.165) is 11.3 Å². The number of carbonyl (C=O) groups excluding carboxylic acids is 2. The normalized spacial score (nSPS) is 10.6. The van der Waals surface area contributed by atoms with Crippen molar-refractivity contribution in [2.75, 3.05) is 11.1 Å². The molecule has 3 aromatic rings. The van der Waals surface area contributed by atoms with Gasteiger partial charge in [-0.3, -0.25) is 14.2 Å². The van der Waals surface area contributed by atoms with Crippen molar-refractivity contribution in [3.05, 3.63) is 60.6 Å². The number of benzene rings is 1. The van der Waals surface area contributed by atoms with Crippen molar-refractivity contribution in [1.29, 1.82) is 0 Å². The van der Waals surface area contributed by atoms with Crippen LogP contribution in [0.2, 0.25) is 0 Å². The molecule has 0 atom stereocenters. The molecule has 0 radical (unpaired) electrons. The van der Waals surface area contributed by atoms with E-state index in [-0.39, 0.29) is 17.4 Å². The quantitative estimate of drug-likeness (QED) is 0.352. The maximum atomic E-state index is 12.5. The lowest BCUT2D eigenvalue weighted by Gasteiger charge is -2.07. The zero-order chi connectivity index (χ0) is 20.1. The number of carbonyl (C=O) groups is 2. The van der Waals surface area contributed by atoms with Gasteiger partial charge in [0.05, 0.1) is 17.6 Å². The number of aromatic nitrogens is 3. The molecule has 7 nitrogen and oxygen atoms in total. The van der Waals surface area contributed by atoms with Gasteiger partial charge in [-0.05, 0) is 37.3 Å². The molecule has 1 amide bonds. The molecule has 0 saturated carbocycles. The van der Waals surface area contributed by atoms with E-state index in [4.69, 9.17) is 4.42 Å². The van der Waals surface area contributed by atoms with Crippen LogP contribution in [0.3, 0.4) is 0 Å². The van der Waals surface area contributed by atoms with Crippen LogP contribution in [-0.2, 0) is 11.3 Å². The molecule has 8 heteroatoms. The third-order valence-corrected chi connectivity index (χ3v) is 4.95. The Hall–Kier alpha value is -3.13. The number of allylic oxidation sites excluding steroid dienone is 1. The monoisotopic (exact) mass is 396 g/mol. The predicted octanol–water partition coefficient (Wildman–Crippen LogP) is 3.97. The fourth-order valence-electron chi connectivity index (χ4n) is 2.66. The highest BCUT2D eigenvalue weighted by Gasteiger charge is 2.18. The number of furan rings is 1. The van der Waals surface area contributed by atoms with Gasteiger partial charge in [0.15, 0.2) is 16.8 Å². The third-order valence-electron chi connectivity index (χ3n) is 3.99. The SMILES string of the molecule is C=CCn1c(SCC(=O)c2ccc(NC(C)=O)cc2)nnc1-c1ccoc1C. The summed E-state index contributed by atoms with van der Waals surface area (Å²) in [5.41, 5.74) is 2.09. The zero-order valence-corrected chi connectivity index (χ0v) is 16.5. The molecule has 0 aliphatic heterocycles. The van der Waals surface area contributed by atoms with Crippen molar-refractivity contribution < 1.29 is 14.0 Å². The van der Waals surface area contributed by atoms with Crippen molar-refractivity contribution >= 4 is 29.1 Å². The second kappa shape index (κ2) is 8.71. The first-order chi connectivity index (χ1) is 13.5. The van der Waals surface area contributed by atoms with Gasteiger partial charge in [-0.2, -0.15) is 0 Å². The highest BCUT2D eigenvalue weighted by Crippen LogP contribution is 2.27. The van der Waals surface area contributed by atoms with Crippen LogP contribution in [0.15, 0.2) is 58.8 Å². The van der Waals surface area contributed by atoms with Gasteiger partial charge in [0.2, 0.25) is 5.91 Å². The van der Waals surface area contributed by atoms with E-state index in [1.807, 2.05) is 17.6 Å². The first kappa shape index (κ1) is 19.6. The fraction of sp³-hybridized carbons (Fsp3) is 0.200. The Morgan fingerprint density at radius 2 is 2.00 bits per heavy atom. The highest BCUT2D eigenvalue weighted by molar-refractivity contribution is 7.99. The molecule has 1 N–H and O–H groups in total. The Morgan fingerprint density at radius 3 is 2.61 bits per heavy atom. The van der Waals surface area contributed by atoms with Gasteiger partial charge in [-0.1, -0.05) is 17.8 Å². The lowest BCUT2D eigenvalue weighted by Crippen LogP contribution is -2.07. The number of nitrogens with zero attached hydrogens (tertiary/aromatic N) is 3. The molecule has 0 aliphatic carbocycles. The highest BCUT2D eigenvalue weighted by atomic mass is 32.2. The van der Waals surface area contributed by atoms with Gasteiger partial charge in [0, 0.05) is 24.7 Å². The van der Waals surface area contributed by atoms with Gasteiger partial charge in [-0.25, -0.2) is 0 Å². The van der Waals surface area contributed by atoms with Crippen LogP contribution in [-0.4, -0.2) is 32.2 Å². The summed E-state index contributed by atoms with van der Waals surface area (Å²) in [6, 6.07) is 8.65. The average Bonchev–Trinajstić information content (AvgIpc) is 3.26. The Labute approximate surface area is 166 Å². The Bertz CT molecular complexity index is 1000. The van der Waals surface area contributed by atoms with E-state index in [0.29, 0.717) is 28.8 Å². The molecule has 144 valence electrons. The predicted molar refractivity (Wildman–Crippen MR) is 108 cm³/mol. The Balaban J connectivity index is 1.72. The molecule has 0 spiro atoms. The van der Waals surface area contributed by atoms with Crippen molar-refractivity contribution in [1.82, 2.24) is 14.8 Å². The minimum Gasteiger partial charge on any atom is -0.469 e. The molecule has 0 saturated heterocycles. The molecular formula is C20H20N4O3S. The lowest BCUT2D eigenvalue weighted by molar-refractivity contribution is -0.114. The van der Waals surface area contributed by atoms with Crippen LogP contribution < -0.4 is 5.32 Å². The molecular weight excluding hydrogens is 376 g/mol. The average molecular weight is 396 g/mol. The summed E-state index contributed by atoms with van der Waals surface area (Å²) in [5, 5.41) is 11.8. The van der Waals surface area contributed by atoms with Gasteiger partial charge >= 0.3 is 0 Å². The van der Waals surface area contributed by atoms with Crippen LogP contribution in [0, 0.1) is 6.92 Å². The number of Topliss-reactive ketones (excluding diaryl/α,β-unsaturated/α-hetero) is 1. The summed E-state index contributed by atoms with van der Waals surface area (Å²) in [6.45, 7) is 7.61. The maximum Gasteiger partial charge on any atom is 0.221 e. The summed E-state index contributed by atoms with van der Waals surface area (Å²) < 4.78 is 7.26. The number of amides is 1. The van der Waals surface area contributed by atoms with E-state index in [2.05, 4.69) is 22.1 Å². The molecule has 2 aromatic heterocycles. The number of rotatable bonds is 8. The number of hydrogen-bond donors (Lipinski definition) is 1. The largest absolute Gasteiger partial charge is 0.469 e. The summed E-state index contributed by atoms with van der Waals surface area (Å²) in [5.74, 6) is 1.47. The van der Waals surface area contributed by atoms with Gasteiger partial charge in [0.25, 0.3) is 0 Å². The number of aryl methyl sites for hydroxylation is 1. The van der Waals surface area contributed by atoms with E-state index in [1.165, 1.54) is 18.7 Å². The van der Waals surface area contributed by atoms with Crippen LogP contribution in [0.25, 0.3) is 11.4 Å². The zero-order valence-electron chi connectivity index (χ0n) is 15.6. The molecule has 0 fully saturated rings. The first-order valence-corrected chi connectivity index (χ1v) is 9.60. The van der Waals surface area contributed by atoms with Crippen molar-refractivity contribution in [2.45, 2.75) is 25.5 Å². The molecule has 28 heavy (non-hydrogen) atoms.